The van der Waals surface area contributed by atoms with Crippen molar-refractivity contribution in [3.05, 3.63) is 28.5 Å². The smallest absolute Gasteiger partial charge is 0.441 e. The van der Waals surface area contributed by atoms with Crippen molar-refractivity contribution in [1.29, 1.82) is 0 Å². The Hall–Kier alpha value is -0.430. The molecule has 0 atom stereocenters. The first-order valence-corrected chi connectivity index (χ1v) is 5.95. The maximum absolute atomic E-state index is 12.8. The van der Waals surface area contributed by atoms with Crippen molar-refractivity contribution in [2.75, 3.05) is 12.4 Å². The van der Waals surface area contributed by atoms with E-state index >= 15 is 0 Å². The molecule has 0 bridgehead atoms. The lowest BCUT2D eigenvalue weighted by atomic mass is 10.3. The fourth-order valence-corrected chi connectivity index (χ4v) is 1.64. The molecule has 0 aliphatic carbocycles. The number of alkyl halides is 3. The van der Waals surface area contributed by atoms with Crippen LogP contribution in [0.15, 0.2) is 22.7 Å². The van der Waals surface area contributed by atoms with Gasteiger partial charge in [-0.05, 0) is 45.9 Å². The van der Waals surface area contributed by atoms with Gasteiger partial charge in [0.1, 0.15) is 11.6 Å². The first kappa shape index (κ1) is 13.6. The van der Waals surface area contributed by atoms with Crippen molar-refractivity contribution in [2.45, 2.75) is 5.51 Å². The van der Waals surface area contributed by atoms with E-state index in [2.05, 4.69) is 15.9 Å². The van der Waals surface area contributed by atoms with E-state index in [0.717, 1.165) is 0 Å². The van der Waals surface area contributed by atoms with Gasteiger partial charge in [-0.15, -0.1) is 0 Å². The third-order valence-corrected chi connectivity index (χ3v) is 2.81. The SMILES string of the molecule is Fc1ccc(OCCSC(F)(F)F)cc1Br. The van der Waals surface area contributed by atoms with Gasteiger partial charge in [0.05, 0.1) is 11.1 Å². The number of rotatable bonds is 4. The number of benzene rings is 1. The van der Waals surface area contributed by atoms with Crippen LogP contribution < -0.4 is 4.74 Å². The monoisotopic (exact) mass is 318 g/mol. The van der Waals surface area contributed by atoms with Gasteiger partial charge in [0, 0.05) is 5.75 Å². The van der Waals surface area contributed by atoms with Gasteiger partial charge in [-0.25, -0.2) is 4.39 Å². The highest BCUT2D eigenvalue weighted by molar-refractivity contribution is 9.10. The summed E-state index contributed by atoms with van der Waals surface area (Å²) in [7, 11) is 0. The van der Waals surface area contributed by atoms with E-state index < -0.39 is 11.3 Å². The Kier molecular flexibility index (Phi) is 4.91. The van der Waals surface area contributed by atoms with E-state index in [1.54, 1.807) is 0 Å². The molecule has 0 amide bonds. The van der Waals surface area contributed by atoms with Gasteiger partial charge < -0.3 is 4.74 Å². The molecule has 0 aliphatic rings. The van der Waals surface area contributed by atoms with Crippen molar-refractivity contribution in [2.24, 2.45) is 0 Å². The summed E-state index contributed by atoms with van der Waals surface area (Å²) in [5, 5.41) is 0. The maximum Gasteiger partial charge on any atom is 0.441 e. The second kappa shape index (κ2) is 5.77. The number of halogens is 5. The summed E-state index contributed by atoms with van der Waals surface area (Å²) in [5.74, 6) is -0.313. The lowest BCUT2D eigenvalue weighted by Crippen LogP contribution is -2.07. The van der Waals surface area contributed by atoms with Gasteiger partial charge in [0.15, 0.2) is 0 Å². The summed E-state index contributed by atoms with van der Waals surface area (Å²) >= 11 is 2.80. The number of ether oxygens (including phenoxy) is 1. The van der Waals surface area contributed by atoms with Gasteiger partial charge in [0.25, 0.3) is 0 Å². The number of hydrogen-bond donors (Lipinski definition) is 0. The average molecular weight is 319 g/mol. The van der Waals surface area contributed by atoms with Gasteiger partial charge in [-0.1, -0.05) is 0 Å². The first-order valence-electron chi connectivity index (χ1n) is 4.17. The zero-order chi connectivity index (χ0) is 12.2. The zero-order valence-electron chi connectivity index (χ0n) is 7.85. The minimum absolute atomic E-state index is 0.0811. The molecule has 1 nitrogen and oxygen atoms in total. The summed E-state index contributed by atoms with van der Waals surface area (Å²) in [4.78, 5) is 0. The van der Waals surface area contributed by atoms with E-state index in [1.807, 2.05) is 0 Å². The summed E-state index contributed by atoms with van der Waals surface area (Å²) in [6.07, 6.45) is 0. The molecule has 7 heteroatoms. The topological polar surface area (TPSA) is 9.23 Å². The van der Waals surface area contributed by atoms with Crippen LogP contribution in [-0.2, 0) is 0 Å². The molecular formula is C9H7BrF4OS. The van der Waals surface area contributed by atoms with E-state index in [1.165, 1.54) is 18.2 Å². The molecule has 1 rings (SSSR count). The molecule has 0 unspecified atom stereocenters. The predicted molar refractivity (Wildman–Crippen MR) is 58.1 cm³/mol. The maximum atomic E-state index is 12.8. The molecule has 0 fully saturated rings. The highest BCUT2D eigenvalue weighted by atomic mass is 79.9. The fourth-order valence-electron chi connectivity index (χ4n) is 0.884. The van der Waals surface area contributed by atoms with Crippen LogP contribution in [0, 0.1) is 5.82 Å². The van der Waals surface area contributed by atoms with Crippen LogP contribution in [0.4, 0.5) is 17.6 Å². The van der Waals surface area contributed by atoms with Crippen molar-refractivity contribution < 1.29 is 22.3 Å². The Morgan fingerprint density at radius 1 is 1.31 bits per heavy atom. The lowest BCUT2D eigenvalue weighted by Gasteiger charge is -2.08. The lowest BCUT2D eigenvalue weighted by molar-refractivity contribution is -0.0329. The molecule has 0 spiro atoms. The van der Waals surface area contributed by atoms with Crippen LogP contribution in [0.3, 0.4) is 0 Å². The van der Waals surface area contributed by atoms with Crippen LogP contribution in [0.1, 0.15) is 0 Å². The molecule has 0 heterocycles. The highest BCUT2D eigenvalue weighted by Gasteiger charge is 2.27. The molecule has 0 N–H and O–H groups in total. The average Bonchev–Trinajstić information content (AvgIpc) is 2.17. The van der Waals surface area contributed by atoms with E-state index in [4.69, 9.17) is 4.74 Å². The van der Waals surface area contributed by atoms with Crippen LogP contribution >= 0.6 is 27.7 Å². The predicted octanol–water partition coefficient (Wildman–Crippen LogP) is 4.22. The van der Waals surface area contributed by atoms with Crippen LogP contribution in [-0.4, -0.2) is 17.9 Å². The van der Waals surface area contributed by atoms with Crippen molar-refractivity contribution in [3.8, 4) is 5.75 Å². The number of hydrogen-bond acceptors (Lipinski definition) is 2. The summed E-state index contributed by atoms with van der Waals surface area (Å²) in [6, 6.07) is 3.91. The second-order valence-corrected chi connectivity index (χ2v) is 4.73. The molecule has 1 aromatic rings. The summed E-state index contributed by atoms with van der Waals surface area (Å²) in [6.45, 7) is -0.0811. The summed E-state index contributed by atoms with van der Waals surface area (Å²) in [5.41, 5.74) is -4.24. The second-order valence-electron chi connectivity index (χ2n) is 2.72. The van der Waals surface area contributed by atoms with Crippen LogP contribution in [0.25, 0.3) is 0 Å². The van der Waals surface area contributed by atoms with Crippen LogP contribution in [0.2, 0.25) is 0 Å². The Morgan fingerprint density at radius 2 is 2.00 bits per heavy atom. The van der Waals surface area contributed by atoms with Crippen molar-refractivity contribution >= 4 is 27.7 Å². The molecule has 0 saturated carbocycles. The molecule has 1 aromatic carbocycles. The van der Waals surface area contributed by atoms with Gasteiger partial charge in [-0.2, -0.15) is 13.2 Å². The quantitative estimate of drug-likeness (QED) is 0.607. The first-order chi connectivity index (χ1) is 7.38. The minimum Gasteiger partial charge on any atom is -0.493 e. The van der Waals surface area contributed by atoms with E-state index in [0.29, 0.717) is 5.75 Å². The molecule has 0 aromatic heterocycles. The Balaban J connectivity index is 2.35. The molecule has 0 radical (unpaired) electrons. The molecule has 90 valence electrons. The standard InChI is InChI=1S/C9H7BrF4OS/c10-7-5-6(1-2-8(7)11)15-3-4-16-9(12,13)14/h1-2,5H,3-4H2. The van der Waals surface area contributed by atoms with Gasteiger partial charge in [-0.3, -0.25) is 0 Å². The Morgan fingerprint density at radius 3 is 2.56 bits per heavy atom. The minimum atomic E-state index is -4.24. The molecule has 0 aliphatic heterocycles. The van der Waals surface area contributed by atoms with Crippen LogP contribution in [0.5, 0.6) is 5.75 Å². The van der Waals surface area contributed by atoms with Crippen molar-refractivity contribution in [1.82, 2.24) is 0 Å². The third kappa shape index (κ3) is 5.07. The van der Waals surface area contributed by atoms with E-state index in [9.17, 15) is 17.6 Å². The summed E-state index contributed by atoms with van der Waals surface area (Å²) < 4.78 is 53.3. The molecule has 16 heavy (non-hydrogen) atoms. The van der Waals surface area contributed by atoms with E-state index in [-0.39, 0.29) is 28.6 Å². The highest BCUT2D eigenvalue weighted by Crippen LogP contribution is 2.30. The largest absolute Gasteiger partial charge is 0.493 e. The fraction of sp³-hybridized carbons (Fsp3) is 0.333. The molecular weight excluding hydrogens is 312 g/mol. The zero-order valence-corrected chi connectivity index (χ0v) is 10.3. The number of thioether (sulfide) groups is 1. The Labute approximate surface area is 102 Å². The third-order valence-electron chi connectivity index (χ3n) is 1.51. The van der Waals surface area contributed by atoms with Gasteiger partial charge in [0.2, 0.25) is 0 Å². The Bertz CT molecular complexity index is 356. The molecule has 0 saturated heterocycles. The van der Waals surface area contributed by atoms with Crippen molar-refractivity contribution in [3.63, 3.8) is 0 Å². The van der Waals surface area contributed by atoms with Gasteiger partial charge >= 0.3 is 5.51 Å². The normalized spacial score (nSPS) is 11.6.